The number of aryl methyl sites for hydroxylation is 2. The zero-order chi connectivity index (χ0) is 17.9. The first kappa shape index (κ1) is 17.5. The van der Waals surface area contributed by atoms with Gasteiger partial charge in [-0.2, -0.15) is 5.10 Å². The van der Waals surface area contributed by atoms with Crippen LogP contribution in [0, 0.1) is 13.8 Å². The Morgan fingerprint density at radius 1 is 1.33 bits per heavy atom. The van der Waals surface area contributed by atoms with Crippen molar-refractivity contribution in [3.8, 4) is 5.75 Å². The van der Waals surface area contributed by atoms with Crippen LogP contribution < -0.4 is 4.74 Å². The monoisotopic (exact) mass is 328 g/mol. The molecule has 0 saturated heterocycles. The molecule has 24 heavy (non-hydrogen) atoms. The van der Waals surface area contributed by atoms with Gasteiger partial charge in [-0.05, 0) is 44.5 Å². The number of allylic oxidation sites excluding steroid dienone is 1. The fraction of sp³-hybridized carbons (Fsp3) is 0.278. The van der Waals surface area contributed by atoms with Crippen molar-refractivity contribution in [3.63, 3.8) is 0 Å². The number of rotatable bonds is 6. The van der Waals surface area contributed by atoms with Crippen molar-refractivity contribution in [2.45, 2.75) is 26.9 Å². The molecule has 1 aromatic carbocycles. The van der Waals surface area contributed by atoms with Gasteiger partial charge < -0.3 is 9.84 Å². The maximum Gasteiger partial charge on any atom is 0.344 e. The predicted octanol–water partition coefficient (Wildman–Crippen LogP) is 2.78. The Bertz CT molecular complexity index is 805. The maximum atomic E-state index is 12.4. The van der Waals surface area contributed by atoms with E-state index in [1.54, 1.807) is 42.9 Å². The third kappa shape index (κ3) is 3.90. The van der Waals surface area contributed by atoms with E-state index in [4.69, 9.17) is 9.84 Å². The molecule has 0 saturated carbocycles. The summed E-state index contributed by atoms with van der Waals surface area (Å²) in [6, 6.07) is 6.92. The van der Waals surface area contributed by atoms with Gasteiger partial charge in [0.25, 0.3) is 0 Å². The van der Waals surface area contributed by atoms with Gasteiger partial charge >= 0.3 is 5.97 Å². The Morgan fingerprint density at radius 2 is 2.04 bits per heavy atom. The molecule has 0 amide bonds. The minimum absolute atomic E-state index is 0.122. The number of carboxylic acids is 1. The van der Waals surface area contributed by atoms with Gasteiger partial charge in [0.05, 0.1) is 11.3 Å². The number of benzene rings is 1. The summed E-state index contributed by atoms with van der Waals surface area (Å²) in [5, 5.41) is 13.1. The molecular formula is C18H20N2O4. The minimum Gasteiger partial charge on any atom is -0.479 e. The quantitative estimate of drug-likeness (QED) is 0.651. The summed E-state index contributed by atoms with van der Waals surface area (Å²) >= 11 is 0. The third-order valence-electron chi connectivity index (χ3n) is 3.70. The van der Waals surface area contributed by atoms with Crippen molar-refractivity contribution in [2.75, 3.05) is 0 Å². The lowest BCUT2D eigenvalue weighted by atomic mass is 10.1. The van der Waals surface area contributed by atoms with Crippen LogP contribution in [0.25, 0.3) is 6.08 Å². The Kier molecular flexibility index (Phi) is 5.18. The maximum absolute atomic E-state index is 12.4. The van der Waals surface area contributed by atoms with E-state index >= 15 is 0 Å². The molecule has 1 heterocycles. The van der Waals surface area contributed by atoms with Crippen LogP contribution in [-0.2, 0) is 11.8 Å². The average molecular weight is 328 g/mol. The molecule has 0 unspecified atom stereocenters. The largest absolute Gasteiger partial charge is 0.479 e. The number of nitrogens with zero attached hydrogens (tertiary/aromatic N) is 2. The summed E-state index contributed by atoms with van der Waals surface area (Å²) in [7, 11) is 1.80. The predicted molar refractivity (Wildman–Crippen MR) is 90.2 cm³/mol. The van der Waals surface area contributed by atoms with Crippen molar-refractivity contribution in [1.29, 1.82) is 0 Å². The second-order valence-electron chi connectivity index (χ2n) is 5.54. The highest BCUT2D eigenvalue weighted by Crippen LogP contribution is 2.18. The average Bonchev–Trinajstić information content (AvgIpc) is 2.78. The first-order valence-electron chi connectivity index (χ1n) is 7.51. The molecule has 0 aliphatic carbocycles. The highest BCUT2D eigenvalue weighted by Gasteiger charge is 2.15. The number of aliphatic carboxylic acids is 1. The van der Waals surface area contributed by atoms with Gasteiger partial charge in [0, 0.05) is 12.7 Å². The smallest absolute Gasteiger partial charge is 0.344 e. The second-order valence-corrected chi connectivity index (χ2v) is 5.54. The van der Waals surface area contributed by atoms with Crippen LogP contribution in [-0.4, -0.2) is 32.7 Å². The van der Waals surface area contributed by atoms with Gasteiger partial charge in [-0.3, -0.25) is 9.48 Å². The normalized spacial score (nSPS) is 12.3. The fourth-order valence-electron chi connectivity index (χ4n) is 2.33. The van der Waals surface area contributed by atoms with Crippen molar-refractivity contribution in [1.82, 2.24) is 9.78 Å². The molecule has 0 radical (unpaired) electrons. The minimum atomic E-state index is -1.03. The topological polar surface area (TPSA) is 81.4 Å². The molecule has 0 aliphatic heterocycles. The Hall–Kier alpha value is -2.89. The summed E-state index contributed by atoms with van der Waals surface area (Å²) < 4.78 is 7.00. The van der Waals surface area contributed by atoms with Gasteiger partial charge in [-0.15, -0.1) is 0 Å². The van der Waals surface area contributed by atoms with E-state index in [-0.39, 0.29) is 5.78 Å². The molecule has 6 heteroatoms. The third-order valence-corrected chi connectivity index (χ3v) is 3.70. The van der Waals surface area contributed by atoms with Gasteiger partial charge in [-0.1, -0.05) is 18.2 Å². The molecule has 0 fully saturated rings. The number of ketones is 1. The van der Waals surface area contributed by atoms with E-state index in [1.807, 2.05) is 13.0 Å². The molecule has 2 aromatic rings. The standard InChI is InChI=1S/C18H20N2O4/c1-11-17(12(2)20(4)19-11)16(21)9-8-14-6-5-7-15(10-14)24-13(3)18(22)23/h5-10,13H,1-4H3,(H,22,23)/b9-8+/t13-/m0/s1. The SMILES string of the molecule is Cc1nn(C)c(C)c1C(=O)/C=C/c1cccc(O[C@@H](C)C(=O)O)c1. The van der Waals surface area contributed by atoms with Crippen LogP contribution in [0.4, 0.5) is 0 Å². The molecule has 1 atom stereocenters. The van der Waals surface area contributed by atoms with E-state index in [0.717, 1.165) is 11.3 Å². The molecule has 1 N–H and O–H groups in total. The van der Waals surface area contributed by atoms with Gasteiger partial charge in [0.2, 0.25) is 0 Å². The fourth-order valence-corrected chi connectivity index (χ4v) is 2.33. The lowest BCUT2D eigenvalue weighted by Gasteiger charge is -2.10. The van der Waals surface area contributed by atoms with Crippen LogP contribution in [0.5, 0.6) is 5.75 Å². The highest BCUT2D eigenvalue weighted by atomic mass is 16.5. The first-order valence-corrected chi connectivity index (χ1v) is 7.51. The summed E-state index contributed by atoms with van der Waals surface area (Å²) in [6.07, 6.45) is 2.22. The Morgan fingerprint density at radius 3 is 2.62 bits per heavy atom. The van der Waals surface area contributed by atoms with Crippen LogP contribution >= 0.6 is 0 Å². The summed E-state index contributed by atoms with van der Waals surface area (Å²) in [5.74, 6) is -0.717. The lowest BCUT2D eigenvalue weighted by Crippen LogP contribution is -2.22. The number of hydrogen-bond donors (Lipinski definition) is 1. The summed E-state index contributed by atoms with van der Waals surface area (Å²) in [4.78, 5) is 23.2. The summed E-state index contributed by atoms with van der Waals surface area (Å²) in [6.45, 7) is 5.11. The van der Waals surface area contributed by atoms with E-state index in [2.05, 4.69) is 5.10 Å². The van der Waals surface area contributed by atoms with E-state index in [1.165, 1.54) is 13.0 Å². The zero-order valence-electron chi connectivity index (χ0n) is 14.1. The van der Waals surface area contributed by atoms with Crippen molar-refractivity contribution in [3.05, 3.63) is 52.9 Å². The molecule has 0 spiro atoms. The molecule has 1 aromatic heterocycles. The van der Waals surface area contributed by atoms with Gasteiger partial charge in [0.1, 0.15) is 5.75 Å². The van der Waals surface area contributed by atoms with Crippen LogP contribution in [0.2, 0.25) is 0 Å². The van der Waals surface area contributed by atoms with E-state index in [0.29, 0.717) is 17.0 Å². The molecule has 0 aliphatic rings. The number of aromatic nitrogens is 2. The number of hydrogen-bond acceptors (Lipinski definition) is 4. The molecular weight excluding hydrogens is 308 g/mol. The van der Waals surface area contributed by atoms with Gasteiger partial charge in [-0.25, -0.2) is 4.79 Å². The van der Waals surface area contributed by atoms with Crippen LogP contribution in [0.15, 0.2) is 30.3 Å². The Labute approximate surface area is 140 Å². The number of carbonyl (C=O) groups is 2. The highest BCUT2D eigenvalue weighted by molar-refractivity contribution is 6.08. The van der Waals surface area contributed by atoms with Gasteiger partial charge in [0.15, 0.2) is 11.9 Å². The van der Waals surface area contributed by atoms with Crippen molar-refractivity contribution in [2.24, 2.45) is 7.05 Å². The number of carboxylic acid groups (broad SMARTS) is 1. The lowest BCUT2D eigenvalue weighted by molar-refractivity contribution is -0.144. The summed E-state index contributed by atoms with van der Waals surface area (Å²) in [5.41, 5.74) is 2.85. The first-order chi connectivity index (χ1) is 11.3. The van der Waals surface area contributed by atoms with Crippen molar-refractivity contribution >= 4 is 17.8 Å². The van der Waals surface area contributed by atoms with E-state index in [9.17, 15) is 9.59 Å². The zero-order valence-corrected chi connectivity index (χ0v) is 14.1. The number of carbonyl (C=O) groups excluding carboxylic acids is 1. The molecule has 2 rings (SSSR count). The van der Waals surface area contributed by atoms with Crippen LogP contribution in [0.3, 0.4) is 0 Å². The second kappa shape index (κ2) is 7.12. The van der Waals surface area contributed by atoms with Crippen LogP contribution in [0.1, 0.15) is 34.2 Å². The molecule has 6 nitrogen and oxygen atoms in total. The van der Waals surface area contributed by atoms with Crippen molar-refractivity contribution < 1.29 is 19.4 Å². The number of ether oxygens (including phenoxy) is 1. The molecule has 0 bridgehead atoms. The van der Waals surface area contributed by atoms with E-state index < -0.39 is 12.1 Å². The molecule has 126 valence electrons. The Balaban J connectivity index is 2.17.